The van der Waals surface area contributed by atoms with Crippen LogP contribution in [0.15, 0.2) is 158 Å². The van der Waals surface area contributed by atoms with Gasteiger partial charge in [0.25, 0.3) is 0 Å². The molecule has 2 aliphatic rings. The molecule has 0 radical (unpaired) electrons. The monoisotopic (exact) mass is 668 g/mol. The quantitative estimate of drug-likeness (QED) is 0.183. The molecule has 8 aromatic carbocycles. The first-order valence-corrected chi connectivity index (χ1v) is 18.4. The second-order valence-electron chi connectivity index (χ2n) is 13.8. The van der Waals surface area contributed by atoms with E-state index in [1.807, 2.05) is 13.8 Å². The van der Waals surface area contributed by atoms with E-state index in [0.717, 1.165) is 11.4 Å². The highest BCUT2D eigenvalue weighted by Crippen LogP contribution is 2.51. The van der Waals surface area contributed by atoms with Gasteiger partial charge >= 0.3 is 0 Å². The summed E-state index contributed by atoms with van der Waals surface area (Å²) in [4.78, 5) is 0. The SMILES string of the molecule is CC.c1ccc2c(c1)NC1c3ccccc3-c3cccc4c5cc(-n6c7ccc8ccccc8c7c7c8ccccc8ccc76)ccc5n(c34)C1N2. The third-order valence-corrected chi connectivity index (χ3v) is 11.3. The molecule has 0 spiro atoms. The Kier molecular flexibility index (Phi) is 6.18. The topological polar surface area (TPSA) is 33.9 Å². The Bertz CT molecular complexity index is 2980. The largest absolute Gasteiger partial charge is 0.373 e. The van der Waals surface area contributed by atoms with Crippen LogP contribution in [0.5, 0.6) is 0 Å². The molecule has 2 atom stereocenters. The summed E-state index contributed by atoms with van der Waals surface area (Å²) in [6.45, 7) is 4.00. The van der Waals surface area contributed by atoms with E-state index in [9.17, 15) is 0 Å². The lowest BCUT2D eigenvalue weighted by atomic mass is 9.92. The highest BCUT2D eigenvalue weighted by atomic mass is 15.3. The van der Waals surface area contributed by atoms with Crippen molar-refractivity contribution in [1.82, 2.24) is 9.13 Å². The summed E-state index contributed by atoms with van der Waals surface area (Å²) in [5, 5.41) is 18.2. The Labute approximate surface area is 301 Å². The van der Waals surface area contributed by atoms with Crippen LogP contribution >= 0.6 is 0 Å². The van der Waals surface area contributed by atoms with Gasteiger partial charge in [-0.2, -0.15) is 0 Å². The lowest BCUT2D eigenvalue weighted by Crippen LogP contribution is -2.33. The van der Waals surface area contributed by atoms with Crippen LogP contribution in [-0.4, -0.2) is 9.13 Å². The molecule has 2 aromatic heterocycles. The minimum atomic E-state index is -0.0217. The third kappa shape index (κ3) is 3.87. The Morgan fingerprint density at radius 3 is 1.77 bits per heavy atom. The van der Waals surface area contributed by atoms with Gasteiger partial charge in [-0.1, -0.05) is 129 Å². The number of hydrogen-bond donors (Lipinski definition) is 2. The molecule has 2 N–H and O–H groups in total. The van der Waals surface area contributed by atoms with E-state index in [1.165, 1.54) is 87.5 Å². The molecule has 0 amide bonds. The maximum Gasteiger partial charge on any atom is 0.129 e. The number of nitrogens with one attached hydrogen (secondary N) is 2. The number of anilines is 2. The zero-order valence-corrected chi connectivity index (χ0v) is 29.1. The highest BCUT2D eigenvalue weighted by Gasteiger charge is 2.37. The number of nitrogens with zero attached hydrogens (tertiary/aromatic N) is 2. The predicted molar refractivity (Wildman–Crippen MR) is 221 cm³/mol. The van der Waals surface area contributed by atoms with Crippen molar-refractivity contribution in [3.05, 3.63) is 163 Å². The van der Waals surface area contributed by atoms with Gasteiger partial charge in [0.05, 0.1) is 39.5 Å². The molecule has 4 heteroatoms. The summed E-state index contributed by atoms with van der Waals surface area (Å²) in [6.07, 6.45) is -0.0217. The van der Waals surface area contributed by atoms with E-state index >= 15 is 0 Å². The molecule has 0 saturated carbocycles. The fraction of sp³-hybridized carbons (Fsp3) is 0.0833. The number of para-hydroxylation sites is 3. The number of aromatic nitrogens is 2. The molecule has 10 aromatic rings. The Morgan fingerprint density at radius 1 is 0.462 bits per heavy atom. The van der Waals surface area contributed by atoms with Crippen molar-refractivity contribution in [2.75, 3.05) is 10.6 Å². The first-order chi connectivity index (χ1) is 25.8. The molecule has 2 aliphatic heterocycles. The van der Waals surface area contributed by atoms with E-state index in [1.54, 1.807) is 0 Å². The van der Waals surface area contributed by atoms with E-state index in [2.05, 4.69) is 177 Å². The van der Waals surface area contributed by atoms with Crippen LogP contribution < -0.4 is 10.6 Å². The number of hydrogen-bond acceptors (Lipinski definition) is 2. The van der Waals surface area contributed by atoms with Gasteiger partial charge in [-0.25, -0.2) is 0 Å². The second-order valence-corrected chi connectivity index (χ2v) is 13.8. The van der Waals surface area contributed by atoms with Crippen LogP contribution in [0.25, 0.3) is 82.0 Å². The molecule has 4 nitrogen and oxygen atoms in total. The minimum absolute atomic E-state index is 0.0217. The summed E-state index contributed by atoms with van der Waals surface area (Å²) in [5.41, 5.74) is 12.2. The van der Waals surface area contributed by atoms with Gasteiger partial charge in [-0.3, -0.25) is 0 Å². The smallest absolute Gasteiger partial charge is 0.129 e. The van der Waals surface area contributed by atoms with Gasteiger partial charge in [0.1, 0.15) is 6.17 Å². The molecule has 248 valence electrons. The maximum absolute atomic E-state index is 3.98. The summed E-state index contributed by atoms with van der Waals surface area (Å²) >= 11 is 0. The molecule has 52 heavy (non-hydrogen) atoms. The van der Waals surface area contributed by atoms with Gasteiger partial charge in [0, 0.05) is 32.8 Å². The minimum Gasteiger partial charge on any atom is -0.373 e. The van der Waals surface area contributed by atoms with Crippen LogP contribution in [0.4, 0.5) is 11.4 Å². The maximum atomic E-state index is 3.98. The van der Waals surface area contributed by atoms with Crippen LogP contribution in [0.2, 0.25) is 0 Å². The Balaban J connectivity index is 0.00000158. The Hall–Kier alpha value is -6.52. The first-order valence-electron chi connectivity index (χ1n) is 18.4. The molecule has 0 aliphatic carbocycles. The average Bonchev–Trinajstić information content (AvgIpc) is 3.70. The summed E-state index contributed by atoms with van der Waals surface area (Å²) < 4.78 is 5.04. The van der Waals surface area contributed by atoms with Crippen molar-refractivity contribution in [3.63, 3.8) is 0 Å². The first kappa shape index (κ1) is 29.2. The lowest BCUT2D eigenvalue weighted by molar-refractivity contribution is 0.510. The van der Waals surface area contributed by atoms with Crippen LogP contribution in [0, 0.1) is 0 Å². The Morgan fingerprint density at radius 2 is 1.04 bits per heavy atom. The van der Waals surface area contributed by atoms with Gasteiger partial charge in [0.2, 0.25) is 0 Å². The molecular weight excluding hydrogens is 633 g/mol. The van der Waals surface area contributed by atoms with Gasteiger partial charge < -0.3 is 19.8 Å². The van der Waals surface area contributed by atoms with Crippen molar-refractivity contribution in [2.24, 2.45) is 0 Å². The average molecular weight is 669 g/mol. The normalized spacial score (nSPS) is 15.8. The summed E-state index contributed by atoms with van der Waals surface area (Å²) in [7, 11) is 0. The van der Waals surface area contributed by atoms with E-state index in [0.29, 0.717) is 0 Å². The molecule has 0 fully saturated rings. The molecule has 4 heterocycles. The van der Waals surface area contributed by atoms with Crippen molar-refractivity contribution < 1.29 is 0 Å². The van der Waals surface area contributed by atoms with Crippen LogP contribution in [0.3, 0.4) is 0 Å². The van der Waals surface area contributed by atoms with Crippen molar-refractivity contribution in [3.8, 4) is 16.8 Å². The molecular formula is C48H36N4. The fourth-order valence-electron chi connectivity index (χ4n) is 9.26. The van der Waals surface area contributed by atoms with E-state index in [-0.39, 0.29) is 12.2 Å². The van der Waals surface area contributed by atoms with Crippen molar-refractivity contribution in [2.45, 2.75) is 26.1 Å². The summed E-state index contributed by atoms with van der Waals surface area (Å²) in [5.74, 6) is 0. The van der Waals surface area contributed by atoms with E-state index < -0.39 is 0 Å². The molecule has 0 saturated heterocycles. The summed E-state index contributed by atoms with van der Waals surface area (Å²) in [6, 6.07) is 58.2. The lowest BCUT2D eigenvalue weighted by Gasteiger charge is -2.37. The number of benzene rings is 8. The highest BCUT2D eigenvalue weighted by molar-refractivity contribution is 6.28. The van der Waals surface area contributed by atoms with Gasteiger partial charge in [-0.05, 0) is 75.1 Å². The van der Waals surface area contributed by atoms with Crippen molar-refractivity contribution in [1.29, 1.82) is 0 Å². The van der Waals surface area contributed by atoms with Gasteiger partial charge in [-0.15, -0.1) is 0 Å². The standard InChI is InChI=1S/C46H30N4.C2H6/c1-3-12-30-27(10-1)20-23-40-42(30)43-31-13-4-2-11-28(31)21-24-41(43)49(40)29-22-25-39-36(26-29)35-17-9-16-34-32-14-5-6-15-33(32)44-46(50(39)45(34)35)48-38-19-8-7-18-37(38)47-44;1-2/h1-26,44,46-48H;1-2H3. The number of rotatable bonds is 1. The van der Waals surface area contributed by atoms with Gasteiger partial charge in [0.15, 0.2) is 0 Å². The van der Waals surface area contributed by atoms with Crippen LogP contribution in [-0.2, 0) is 0 Å². The zero-order valence-electron chi connectivity index (χ0n) is 29.1. The fourth-order valence-corrected chi connectivity index (χ4v) is 9.26. The van der Waals surface area contributed by atoms with Crippen LogP contribution in [0.1, 0.15) is 31.6 Å². The van der Waals surface area contributed by atoms with E-state index in [4.69, 9.17) is 0 Å². The second kappa shape index (κ2) is 11.0. The third-order valence-electron chi connectivity index (χ3n) is 11.3. The molecule has 12 rings (SSSR count). The molecule has 2 unspecified atom stereocenters. The van der Waals surface area contributed by atoms with Crippen molar-refractivity contribution >= 4 is 76.5 Å². The number of fused-ring (bicyclic) bond motifs is 16. The predicted octanol–water partition coefficient (Wildman–Crippen LogP) is 13.0. The molecule has 0 bridgehead atoms. The zero-order chi connectivity index (χ0) is 34.5.